The molecule has 25 heavy (non-hydrogen) atoms. The predicted molar refractivity (Wildman–Crippen MR) is 79.4 cm³/mol. The molecule has 0 radical (unpaired) electrons. The summed E-state index contributed by atoms with van der Waals surface area (Å²) in [6, 6.07) is -2.79. The molecular formula is C10H12N5NaO7S2. The average Bonchev–Trinajstić information content (AvgIpc) is 2.91. The molecule has 1 aliphatic heterocycles. The summed E-state index contributed by atoms with van der Waals surface area (Å²) < 4.78 is 32.8. The molecule has 1 aliphatic rings. The fraction of sp³-hybridized carbons (Fsp3) is 0.400. The topological polar surface area (TPSA) is 187 Å². The van der Waals surface area contributed by atoms with Crippen LogP contribution in [0.15, 0.2) is 10.5 Å². The number of nitrogens with zero attached hydrogens (tertiary/aromatic N) is 3. The number of hydrogen-bond donors (Lipinski definition) is 3. The number of hydrogen-bond acceptors (Lipinski definition) is 11. The van der Waals surface area contributed by atoms with Crippen molar-refractivity contribution in [2.45, 2.75) is 12.1 Å². The number of rotatable bonds is 6. The number of nitrogens with one attached hydrogen (secondary N) is 1. The number of nitrogens with two attached hydrogens (primary N) is 1. The normalized spacial score (nSPS) is 20.5. The quantitative estimate of drug-likeness (QED) is 0.137. The molecule has 1 saturated heterocycles. The number of nitrogen functional groups attached to an aromatic ring is 1. The van der Waals surface area contributed by atoms with E-state index in [9.17, 15) is 22.6 Å². The summed E-state index contributed by atoms with van der Waals surface area (Å²) in [5.41, 5.74) is 5.24. The van der Waals surface area contributed by atoms with E-state index >= 15 is 0 Å². The van der Waals surface area contributed by atoms with Crippen LogP contribution in [0, 0.1) is 0 Å². The minimum absolute atomic E-state index is 0. The molecule has 1 fully saturated rings. The summed E-state index contributed by atoms with van der Waals surface area (Å²) in [6.07, 6.45) is 0. The molecule has 2 amide bonds. The third kappa shape index (κ3) is 4.46. The Labute approximate surface area is 168 Å². The van der Waals surface area contributed by atoms with Crippen LogP contribution in [0.5, 0.6) is 0 Å². The fourth-order valence-electron chi connectivity index (χ4n) is 2.03. The molecule has 12 nitrogen and oxygen atoms in total. The molecule has 2 rings (SSSR count). The van der Waals surface area contributed by atoms with E-state index in [1.807, 2.05) is 0 Å². The van der Waals surface area contributed by atoms with Crippen LogP contribution in [0.2, 0.25) is 0 Å². The summed E-state index contributed by atoms with van der Waals surface area (Å²) in [5, 5.41) is 16.4. The molecule has 0 aliphatic carbocycles. The van der Waals surface area contributed by atoms with Crippen LogP contribution in [-0.4, -0.2) is 70.7 Å². The molecule has 0 unspecified atom stereocenters. The number of carbonyl (C=O) groups is 2. The van der Waals surface area contributed by atoms with Crippen LogP contribution in [0.4, 0.5) is 5.13 Å². The first-order valence-electron chi connectivity index (χ1n) is 6.24. The smallest absolute Gasteiger partial charge is 0.731 e. The second-order valence-corrected chi connectivity index (χ2v) is 6.62. The van der Waals surface area contributed by atoms with E-state index < -0.39 is 40.8 Å². The molecule has 2 heterocycles. The Morgan fingerprint density at radius 2 is 2.28 bits per heavy atom. The second-order valence-electron chi connectivity index (χ2n) is 4.49. The van der Waals surface area contributed by atoms with Gasteiger partial charge in [0.05, 0.1) is 12.6 Å². The molecular weight excluding hydrogens is 389 g/mol. The van der Waals surface area contributed by atoms with Crippen LogP contribution >= 0.6 is 11.3 Å². The van der Waals surface area contributed by atoms with Crippen LogP contribution in [-0.2, 0) is 24.7 Å². The number of thiazole rings is 1. The molecule has 132 valence electrons. The van der Waals surface area contributed by atoms with Gasteiger partial charge in [-0.05, 0) is 0 Å². The van der Waals surface area contributed by atoms with Gasteiger partial charge in [0.15, 0.2) is 21.1 Å². The van der Waals surface area contributed by atoms with Gasteiger partial charge in [-0.2, -0.15) is 0 Å². The van der Waals surface area contributed by atoms with Crippen LogP contribution < -0.4 is 40.6 Å². The monoisotopic (exact) mass is 401 g/mol. The van der Waals surface area contributed by atoms with E-state index in [1.54, 1.807) is 0 Å². The summed E-state index contributed by atoms with van der Waals surface area (Å²) in [5.74, 6) is -2.08. The van der Waals surface area contributed by atoms with E-state index in [4.69, 9.17) is 10.8 Å². The van der Waals surface area contributed by atoms with E-state index in [0.717, 1.165) is 11.3 Å². The van der Waals surface area contributed by atoms with E-state index in [2.05, 4.69) is 20.3 Å². The van der Waals surface area contributed by atoms with Crippen LogP contribution in [0.3, 0.4) is 0 Å². The number of aromatic nitrogens is 1. The van der Waals surface area contributed by atoms with Crippen LogP contribution in [0.25, 0.3) is 0 Å². The molecule has 2 atom stereocenters. The summed E-state index contributed by atoms with van der Waals surface area (Å²) in [6.45, 7) is -0.835. The molecule has 1 aromatic heterocycles. The zero-order valence-corrected chi connectivity index (χ0v) is 16.7. The Morgan fingerprint density at radius 3 is 2.72 bits per heavy atom. The van der Waals surface area contributed by atoms with Gasteiger partial charge in [0.2, 0.25) is 0 Å². The van der Waals surface area contributed by atoms with Crippen LogP contribution in [0.1, 0.15) is 5.69 Å². The Bertz CT molecular complexity index is 795. The van der Waals surface area contributed by atoms with E-state index in [1.165, 1.54) is 12.5 Å². The maximum absolute atomic E-state index is 12.2. The molecule has 0 bridgehead atoms. The van der Waals surface area contributed by atoms with E-state index in [-0.39, 0.29) is 50.4 Å². The maximum atomic E-state index is 12.2. The first kappa shape index (κ1) is 21.8. The van der Waals surface area contributed by atoms with Crippen molar-refractivity contribution in [1.29, 1.82) is 0 Å². The van der Waals surface area contributed by atoms with Gasteiger partial charge in [-0.15, -0.1) is 11.3 Å². The van der Waals surface area contributed by atoms with Crippen molar-refractivity contribution in [3.05, 3.63) is 11.1 Å². The summed E-state index contributed by atoms with van der Waals surface area (Å²) >= 11 is 1.04. The van der Waals surface area contributed by atoms with Gasteiger partial charge in [0.25, 0.3) is 11.8 Å². The Morgan fingerprint density at radius 1 is 1.64 bits per heavy atom. The molecule has 4 N–H and O–H groups in total. The number of aliphatic hydroxyl groups is 1. The van der Waals surface area contributed by atoms with Gasteiger partial charge in [0, 0.05) is 5.38 Å². The number of anilines is 1. The third-order valence-corrected chi connectivity index (χ3v) is 4.65. The first-order valence-corrected chi connectivity index (χ1v) is 8.48. The zero-order chi connectivity index (χ0) is 18.1. The summed E-state index contributed by atoms with van der Waals surface area (Å²) in [7, 11) is -3.90. The minimum Gasteiger partial charge on any atom is -0.731 e. The molecule has 0 spiro atoms. The largest absolute Gasteiger partial charge is 1.00 e. The van der Waals surface area contributed by atoms with Gasteiger partial charge in [-0.1, -0.05) is 5.16 Å². The van der Waals surface area contributed by atoms with Crippen molar-refractivity contribution in [2.75, 3.05) is 19.5 Å². The Hall–Kier alpha value is -1.29. The molecule has 0 saturated carbocycles. The predicted octanol–water partition coefficient (Wildman–Crippen LogP) is -5.77. The second kappa shape index (κ2) is 8.39. The van der Waals surface area contributed by atoms with Gasteiger partial charge in [0.1, 0.15) is 18.8 Å². The maximum Gasteiger partial charge on any atom is 1.00 e. The van der Waals surface area contributed by atoms with Gasteiger partial charge >= 0.3 is 29.6 Å². The Balaban J connectivity index is 0.00000312. The van der Waals surface area contributed by atoms with Gasteiger partial charge < -0.3 is 25.5 Å². The Kier molecular flexibility index (Phi) is 7.30. The number of β-lactam (4-membered cyclic amide) rings is 1. The van der Waals surface area contributed by atoms with Crippen molar-refractivity contribution in [3.63, 3.8) is 0 Å². The SMILES string of the molecule is CO/N=C(\C(=O)N[C@H]1C(=O)N(S(=O)(=O)[O-])[C@H]1CO)c1csc(N)n1.[Na+]. The van der Waals surface area contributed by atoms with Crippen molar-refractivity contribution >= 4 is 44.3 Å². The molecule has 0 aromatic carbocycles. The van der Waals surface area contributed by atoms with Crippen molar-refractivity contribution < 1.29 is 62.1 Å². The number of oxime groups is 1. The zero-order valence-electron chi connectivity index (χ0n) is 13.1. The average molecular weight is 401 g/mol. The van der Waals surface area contributed by atoms with Crippen molar-refractivity contribution in [1.82, 2.24) is 14.6 Å². The summed E-state index contributed by atoms with van der Waals surface area (Å²) in [4.78, 5) is 32.4. The molecule has 15 heteroatoms. The fourth-order valence-corrected chi connectivity index (χ4v) is 3.44. The van der Waals surface area contributed by atoms with Crippen molar-refractivity contribution in [2.24, 2.45) is 5.16 Å². The number of carbonyl (C=O) groups excluding carboxylic acids is 2. The molecule has 1 aromatic rings. The van der Waals surface area contributed by atoms with Gasteiger partial charge in [-0.25, -0.2) is 17.7 Å². The standard InChI is InChI=1S/C10H13N5O7S2.Na/c1-22-14-6(4-3-23-10(11)12-4)8(17)13-7-5(2-16)15(9(7)18)24(19,20)21;/h3,5,7,16H,2H2,1H3,(H2,11,12)(H,13,17)(H,19,20,21);/q;+1/p-1/b14-6-;/t5-,7+;/m0./s1. The van der Waals surface area contributed by atoms with Crippen molar-refractivity contribution in [3.8, 4) is 0 Å². The number of aliphatic hydroxyl groups excluding tert-OH is 1. The number of amides is 2. The van der Waals surface area contributed by atoms with E-state index in [0.29, 0.717) is 0 Å². The first-order chi connectivity index (χ1) is 11.2. The third-order valence-electron chi connectivity index (χ3n) is 3.05. The minimum atomic E-state index is -5.08. The van der Waals surface area contributed by atoms with Gasteiger partial charge in [-0.3, -0.25) is 9.59 Å².